The summed E-state index contributed by atoms with van der Waals surface area (Å²) in [6.45, 7) is 2.01. The van der Waals surface area contributed by atoms with Crippen LogP contribution in [0.4, 0.5) is 0 Å². The maximum absolute atomic E-state index is 13.0. The van der Waals surface area contributed by atoms with E-state index in [0.29, 0.717) is 34.6 Å². The smallest absolute Gasteiger partial charge is 0.251 e. The SMILES string of the molecule is CS(=O)(=O)CC[C@H](NC(=O)c1ccc(Cl)c(Cl)c1)C(=O)N[C@@H]1CCN(Cc2ccc(Cl)c(Cl)c2)C1. The first-order valence-electron chi connectivity index (χ1n) is 10.8. The van der Waals surface area contributed by atoms with Crippen molar-refractivity contribution in [3.63, 3.8) is 0 Å². The number of benzene rings is 2. The lowest BCUT2D eigenvalue weighted by Gasteiger charge is -2.22. The number of nitrogens with zero attached hydrogens (tertiary/aromatic N) is 1. The molecule has 1 aliphatic rings. The molecule has 3 rings (SSSR count). The number of likely N-dealkylation sites (tertiary alicyclic amines) is 1. The van der Waals surface area contributed by atoms with Crippen molar-refractivity contribution < 1.29 is 18.0 Å². The molecule has 0 radical (unpaired) electrons. The van der Waals surface area contributed by atoms with Crippen LogP contribution in [0.15, 0.2) is 36.4 Å². The van der Waals surface area contributed by atoms with Crippen molar-refractivity contribution in [3.05, 3.63) is 67.6 Å². The summed E-state index contributed by atoms with van der Waals surface area (Å²) < 4.78 is 23.4. The van der Waals surface area contributed by atoms with Gasteiger partial charge >= 0.3 is 0 Å². The molecular weight excluding hydrogens is 556 g/mol. The van der Waals surface area contributed by atoms with E-state index in [1.54, 1.807) is 6.07 Å². The number of amides is 2. The largest absolute Gasteiger partial charge is 0.350 e. The van der Waals surface area contributed by atoms with Crippen molar-refractivity contribution in [2.75, 3.05) is 25.1 Å². The molecule has 2 atom stereocenters. The second-order valence-corrected chi connectivity index (χ2v) is 12.4. The highest BCUT2D eigenvalue weighted by molar-refractivity contribution is 7.90. The summed E-state index contributed by atoms with van der Waals surface area (Å²) in [7, 11) is -3.34. The fourth-order valence-electron chi connectivity index (χ4n) is 3.77. The van der Waals surface area contributed by atoms with Crippen LogP contribution in [0.25, 0.3) is 0 Å². The molecule has 0 aliphatic carbocycles. The van der Waals surface area contributed by atoms with Gasteiger partial charge in [-0.25, -0.2) is 8.42 Å². The first kappa shape index (κ1) is 28.0. The van der Waals surface area contributed by atoms with Crippen LogP contribution in [0.3, 0.4) is 0 Å². The predicted octanol–water partition coefficient (Wildman–Crippen LogP) is 4.22. The van der Waals surface area contributed by atoms with Gasteiger partial charge in [0.25, 0.3) is 5.91 Å². The van der Waals surface area contributed by atoms with Gasteiger partial charge in [-0.3, -0.25) is 14.5 Å². The molecule has 0 saturated carbocycles. The molecule has 1 aliphatic heterocycles. The first-order valence-corrected chi connectivity index (χ1v) is 14.4. The molecule has 1 saturated heterocycles. The minimum Gasteiger partial charge on any atom is -0.350 e. The Kier molecular flexibility index (Phi) is 9.71. The van der Waals surface area contributed by atoms with Gasteiger partial charge in [0.15, 0.2) is 0 Å². The van der Waals surface area contributed by atoms with E-state index >= 15 is 0 Å². The van der Waals surface area contributed by atoms with Gasteiger partial charge in [0, 0.05) is 37.5 Å². The highest BCUT2D eigenvalue weighted by Crippen LogP contribution is 2.24. The summed E-state index contributed by atoms with van der Waals surface area (Å²) in [4.78, 5) is 27.9. The van der Waals surface area contributed by atoms with Crippen molar-refractivity contribution in [3.8, 4) is 0 Å². The summed E-state index contributed by atoms with van der Waals surface area (Å²) in [6.07, 6.45) is 1.74. The highest BCUT2D eigenvalue weighted by atomic mass is 35.5. The van der Waals surface area contributed by atoms with Crippen LogP contribution >= 0.6 is 46.4 Å². The standard InChI is InChI=1S/C23H25Cl4N3O4S/c1-35(33,34)9-7-21(29-22(31)15-3-5-18(25)20(27)11-15)23(32)28-16-6-8-30(13-16)12-14-2-4-17(24)19(26)10-14/h2-5,10-11,16,21H,6-9,12-13H2,1H3,(H,28,32)(H,29,31)/t16-,21+/m1/s1. The summed E-state index contributed by atoms with van der Waals surface area (Å²) >= 11 is 24.0. The number of nitrogens with one attached hydrogen (secondary N) is 2. The van der Waals surface area contributed by atoms with Crippen LogP contribution in [0.1, 0.15) is 28.8 Å². The van der Waals surface area contributed by atoms with Crippen LogP contribution in [-0.2, 0) is 21.2 Å². The Bertz CT molecular complexity index is 1210. The lowest BCUT2D eigenvalue weighted by molar-refractivity contribution is -0.123. The molecule has 190 valence electrons. The molecule has 12 heteroatoms. The number of rotatable bonds is 9. The van der Waals surface area contributed by atoms with Gasteiger partial charge in [0.1, 0.15) is 15.9 Å². The van der Waals surface area contributed by atoms with Gasteiger partial charge < -0.3 is 10.6 Å². The highest BCUT2D eigenvalue weighted by Gasteiger charge is 2.29. The molecule has 0 aromatic heterocycles. The van der Waals surface area contributed by atoms with Gasteiger partial charge in [-0.1, -0.05) is 52.5 Å². The van der Waals surface area contributed by atoms with E-state index in [9.17, 15) is 18.0 Å². The zero-order chi connectivity index (χ0) is 25.8. The Labute approximate surface area is 225 Å². The minimum atomic E-state index is -3.34. The molecule has 0 bridgehead atoms. The Hall–Kier alpha value is -1.55. The van der Waals surface area contributed by atoms with E-state index in [1.807, 2.05) is 12.1 Å². The second-order valence-electron chi connectivity index (χ2n) is 8.55. The van der Waals surface area contributed by atoms with Crippen molar-refractivity contribution in [1.82, 2.24) is 15.5 Å². The molecular formula is C23H25Cl4N3O4S. The fraction of sp³-hybridized carbons (Fsp3) is 0.391. The Balaban J connectivity index is 1.62. The molecule has 2 amide bonds. The van der Waals surface area contributed by atoms with Crippen molar-refractivity contribution in [2.24, 2.45) is 0 Å². The van der Waals surface area contributed by atoms with Crippen LogP contribution in [0.2, 0.25) is 20.1 Å². The Morgan fingerprint density at radius 3 is 2.31 bits per heavy atom. The molecule has 1 heterocycles. The number of carbonyl (C=O) groups excluding carboxylic acids is 2. The topological polar surface area (TPSA) is 95.6 Å². The maximum atomic E-state index is 13.0. The quantitative estimate of drug-likeness (QED) is 0.463. The summed E-state index contributed by atoms with van der Waals surface area (Å²) in [5.41, 5.74) is 1.22. The summed E-state index contributed by atoms with van der Waals surface area (Å²) in [6, 6.07) is 8.64. The lowest BCUT2D eigenvalue weighted by Crippen LogP contribution is -2.50. The van der Waals surface area contributed by atoms with Crippen LogP contribution in [-0.4, -0.2) is 62.3 Å². The average Bonchev–Trinajstić information content (AvgIpc) is 3.21. The fourth-order valence-corrected chi connectivity index (χ4v) is 5.05. The van der Waals surface area contributed by atoms with Gasteiger partial charge in [-0.2, -0.15) is 0 Å². The monoisotopic (exact) mass is 579 g/mol. The van der Waals surface area contributed by atoms with Gasteiger partial charge in [0.2, 0.25) is 5.91 Å². The normalized spacial score (nSPS) is 17.2. The third kappa shape index (κ3) is 8.51. The van der Waals surface area contributed by atoms with Crippen molar-refractivity contribution in [1.29, 1.82) is 0 Å². The van der Waals surface area contributed by atoms with Gasteiger partial charge in [-0.15, -0.1) is 0 Å². The summed E-state index contributed by atoms with van der Waals surface area (Å²) in [5, 5.41) is 7.04. The molecule has 2 aromatic carbocycles. The maximum Gasteiger partial charge on any atom is 0.251 e. The van der Waals surface area contributed by atoms with Crippen molar-refractivity contribution >= 4 is 68.1 Å². The van der Waals surface area contributed by atoms with Crippen LogP contribution < -0.4 is 10.6 Å². The molecule has 2 N–H and O–H groups in total. The minimum absolute atomic E-state index is 0.0581. The van der Waals surface area contributed by atoms with E-state index in [2.05, 4.69) is 15.5 Å². The van der Waals surface area contributed by atoms with E-state index in [-0.39, 0.29) is 28.8 Å². The van der Waals surface area contributed by atoms with E-state index in [0.717, 1.165) is 18.4 Å². The summed E-state index contributed by atoms with van der Waals surface area (Å²) in [5.74, 6) is -1.24. The number of carbonyl (C=O) groups is 2. The molecule has 35 heavy (non-hydrogen) atoms. The third-order valence-corrected chi connectivity index (χ3v) is 8.05. The lowest BCUT2D eigenvalue weighted by atomic mass is 10.1. The zero-order valence-electron chi connectivity index (χ0n) is 18.9. The van der Waals surface area contributed by atoms with Crippen molar-refractivity contribution in [2.45, 2.75) is 31.5 Å². The number of hydrogen-bond acceptors (Lipinski definition) is 5. The van der Waals surface area contributed by atoms with E-state index in [4.69, 9.17) is 46.4 Å². The zero-order valence-corrected chi connectivity index (χ0v) is 22.7. The Morgan fingerprint density at radius 2 is 1.69 bits per heavy atom. The molecule has 0 spiro atoms. The Morgan fingerprint density at radius 1 is 1.03 bits per heavy atom. The number of sulfone groups is 1. The first-order chi connectivity index (χ1) is 16.4. The average molecular weight is 581 g/mol. The number of hydrogen-bond donors (Lipinski definition) is 2. The van der Waals surface area contributed by atoms with Gasteiger partial charge in [-0.05, 0) is 48.7 Å². The van der Waals surface area contributed by atoms with E-state index in [1.165, 1.54) is 18.2 Å². The molecule has 7 nitrogen and oxygen atoms in total. The second kappa shape index (κ2) is 12.1. The molecule has 2 aromatic rings. The predicted molar refractivity (Wildman–Crippen MR) is 140 cm³/mol. The van der Waals surface area contributed by atoms with Crippen LogP contribution in [0.5, 0.6) is 0 Å². The van der Waals surface area contributed by atoms with Gasteiger partial charge in [0.05, 0.1) is 25.8 Å². The number of halogens is 4. The van der Waals surface area contributed by atoms with Crippen LogP contribution in [0, 0.1) is 0 Å². The molecule has 0 unspecified atom stereocenters. The molecule has 1 fully saturated rings. The third-order valence-electron chi connectivity index (χ3n) is 5.59. The van der Waals surface area contributed by atoms with E-state index < -0.39 is 27.7 Å².